The quantitative estimate of drug-likeness (QED) is 0.274. The van der Waals surface area contributed by atoms with Crippen LogP contribution in [0.3, 0.4) is 0 Å². The van der Waals surface area contributed by atoms with Crippen molar-refractivity contribution in [1.82, 2.24) is 0 Å². The molecule has 0 aliphatic carbocycles. The summed E-state index contributed by atoms with van der Waals surface area (Å²) >= 11 is 0. The van der Waals surface area contributed by atoms with Crippen molar-refractivity contribution in [2.75, 3.05) is 20.3 Å². The summed E-state index contributed by atoms with van der Waals surface area (Å²) < 4.78 is 10.2. The predicted octanol–water partition coefficient (Wildman–Crippen LogP) is 6.92. The lowest BCUT2D eigenvalue weighted by Gasteiger charge is -2.06. The van der Waals surface area contributed by atoms with Crippen LogP contribution in [-0.2, 0) is 14.3 Å². The van der Waals surface area contributed by atoms with Crippen LogP contribution in [0.5, 0.6) is 0 Å². The molecule has 2 aromatic carbocycles. The van der Waals surface area contributed by atoms with E-state index in [4.69, 9.17) is 14.3 Å². The van der Waals surface area contributed by atoms with Gasteiger partial charge in [-0.15, -0.1) is 0 Å². The maximum absolute atomic E-state index is 11.9. The van der Waals surface area contributed by atoms with Crippen LogP contribution in [0.4, 0.5) is 0 Å². The van der Waals surface area contributed by atoms with Gasteiger partial charge in [0.1, 0.15) is 6.79 Å². The molecule has 0 saturated heterocycles. The first-order valence-electron chi connectivity index (χ1n) is 10.4. The molecular weight excluding hydrogens is 388 g/mol. The second-order valence-electron chi connectivity index (χ2n) is 6.11. The molecule has 0 aliphatic heterocycles. The number of hydrogen-bond donors (Lipinski definition) is 0. The number of unbranched alkanes of at least 4 members (excludes halogenated alkanes) is 1. The van der Waals surface area contributed by atoms with E-state index >= 15 is 0 Å². The summed E-state index contributed by atoms with van der Waals surface area (Å²) in [5.41, 5.74) is 2.81. The summed E-state index contributed by atoms with van der Waals surface area (Å²) in [5, 5.41) is 0. The first kappa shape index (κ1) is 30.2. The average Bonchev–Trinajstić information content (AvgIpc) is 2.86. The molecule has 2 rings (SSSR count). The number of ether oxygens (including phenoxy) is 2. The van der Waals surface area contributed by atoms with E-state index in [9.17, 15) is 4.79 Å². The maximum Gasteiger partial charge on any atom is 0.338 e. The summed E-state index contributed by atoms with van der Waals surface area (Å²) in [6, 6.07) is 17.6. The van der Waals surface area contributed by atoms with Crippen molar-refractivity contribution in [3.63, 3.8) is 0 Å². The van der Waals surface area contributed by atoms with Crippen LogP contribution in [0.15, 0.2) is 78.9 Å². The number of allylic oxidation sites excluding steroid dienone is 4. The van der Waals surface area contributed by atoms with Crippen LogP contribution >= 0.6 is 0 Å². The third-order valence-corrected chi connectivity index (χ3v) is 3.87. The molecule has 0 N–H and O–H groups in total. The SMILES string of the molecule is C/C=C\C.C/C=C\C.C=O.COCCCCOC(=O)c1ccc(-c2ccccc2)cc1. The third-order valence-electron chi connectivity index (χ3n) is 3.87. The summed E-state index contributed by atoms with van der Waals surface area (Å²) in [4.78, 5) is 19.9. The van der Waals surface area contributed by atoms with Gasteiger partial charge < -0.3 is 14.3 Å². The molecule has 4 heteroatoms. The molecule has 2 aromatic rings. The first-order chi connectivity index (χ1) is 15.1. The topological polar surface area (TPSA) is 52.6 Å². The molecule has 0 bridgehead atoms. The molecule has 0 atom stereocenters. The summed E-state index contributed by atoms with van der Waals surface area (Å²) in [7, 11) is 1.67. The van der Waals surface area contributed by atoms with Gasteiger partial charge in [0.15, 0.2) is 0 Å². The Hall–Kier alpha value is -2.98. The molecule has 170 valence electrons. The zero-order chi connectivity index (χ0) is 23.7. The highest BCUT2D eigenvalue weighted by molar-refractivity contribution is 5.90. The third kappa shape index (κ3) is 16.5. The smallest absolute Gasteiger partial charge is 0.338 e. The number of carbonyl (C=O) groups excluding carboxylic acids is 2. The lowest BCUT2D eigenvalue weighted by atomic mass is 10.0. The van der Waals surface area contributed by atoms with Crippen LogP contribution in [0.2, 0.25) is 0 Å². The van der Waals surface area contributed by atoms with Crippen molar-refractivity contribution in [1.29, 1.82) is 0 Å². The molecule has 0 aliphatic rings. The number of methoxy groups -OCH3 is 1. The van der Waals surface area contributed by atoms with Crippen molar-refractivity contribution in [3.05, 3.63) is 84.5 Å². The van der Waals surface area contributed by atoms with E-state index in [1.54, 1.807) is 19.2 Å². The van der Waals surface area contributed by atoms with Crippen LogP contribution in [0.1, 0.15) is 50.9 Å². The fourth-order valence-corrected chi connectivity index (χ4v) is 2.03. The standard InChI is InChI=1S/C18H20O3.2C4H8.CH2O/c1-20-13-5-6-14-21-18(19)17-11-9-16(10-12-17)15-7-3-2-4-8-15;2*1-3-4-2;1-2/h2-4,7-12H,5-6,13-14H2,1H3;2*3-4H,1-2H3;1H2/b;2*4-3-;. The Kier molecular flexibility index (Phi) is 22.7. The monoisotopic (exact) mass is 426 g/mol. The van der Waals surface area contributed by atoms with E-state index in [0.717, 1.165) is 24.0 Å². The number of carbonyl (C=O) groups is 2. The lowest BCUT2D eigenvalue weighted by Crippen LogP contribution is -2.06. The van der Waals surface area contributed by atoms with Crippen LogP contribution in [-0.4, -0.2) is 33.1 Å². The summed E-state index contributed by atoms with van der Waals surface area (Å²) in [5.74, 6) is -0.271. The van der Waals surface area contributed by atoms with Gasteiger partial charge >= 0.3 is 5.97 Å². The molecule has 0 heterocycles. The lowest BCUT2D eigenvalue weighted by molar-refractivity contribution is -0.0980. The Morgan fingerprint density at radius 2 is 1.19 bits per heavy atom. The van der Waals surface area contributed by atoms with Gasteiger partial charge in [0.2, 0.25) is 0 Å². The van der Waals surface area contributed by atoms with Crippen LogP contribution in [0.25, 0.3) is 11.1 Å². The Labute approximate surface area is 188 Å². The molecule has 0 saturated carbocycles. The minimum absolute atomic E-state index is 0.271. The first-order valence-corrected chi connectivity index (χ1v) is 10.4. The van der Waals surface area contributed by atoms with Gasteiger partial charge in [-0.3, -0.25) is 0 Å². The van der Waals surface area contributed by atoms with Gasteiger partial charge in [0.05, 0.1) is 12.2 Å². The van der Waals surface area contributed by atoms with Crippen LogP contribution in [0, 0.1) is 0 Å². The van der Waals surface area contributed by atoms with E-state index in [1.807, 2.05) is 101 Å². The fourth-order valence-electron chi connectivity index (χ4n) is 2.03. The van der Waals surface area contributed by atoms with E-state index in [0.29, 0.717) is 18.8 Å². The Morgan fingerprint density at radius 3 is 1.65 bits per heavy atom. The number of benzene rings is 2. The Balaban J connectivity index is 0. The molecular formula is C27H38O4. The van der Waals surface area contributed by atoms with Gasteiger partial charge in [-0.2, -0.15) is 0 Å². The van der Waals surface area contributed by atoms with E-state index in [2.05, 4.69) is 0 Å². The number of rotatable bonds is 7. The highest BCUT2D eigenvalue weighted by atomic mass is 16.5. The fraction of sp³-hybridized carbons (Fsp3) is 0.333. The molecule has 0 spiro atoms. The van der Waals surface area contributed by atoms with E-state index in [1.165, 1.54) is 0 Å². The van der Waals surface area contributed by atoms with Crippen molar-refractivity contribution >= 4 is 12.8 Å². The number of esters is 1. The van der Waals surface area contributed by atoms with Gasteiger partial charge in [0.25, 0.3) is 0 Å². The highest BCUT2D eigenvalue weighted by Crippen LogP contribution is 2.19. The second-order valence-corrected chi connectivity index (χ2v) is 6.11. The van der Waals surface area contributed by atoms with Crippen molar-refractivity contribution in [2.45, 2.75) is 40.5 Å². The average molecular weight is 427 g/mol. The van der Waals surface area contributed by atoms with Crippen molar-refractivity contribution < 1.29 is 19.1 Å². The second kappa shape index (κ2) is 23.3. The highest BCUT2D eigenvalue weighted by Gasteiger charge is 2.07. The van der Waals surface area contributed by atoms with E-state index < -0.39 is 0 Å². The molecule has 0 aromatic heterocycles. The Morgan fingerprint density at radius 1 is 0.742 bits per heavy atom. The molecule has 4 nitrogen and oxygen atoms in total. The molecule has 0 fully saturated rings. The molecule has 31 heavy (non-hydrogen) atoms. The largest absolute Gasteiger partial charge is 0.462 e. The van der Waals surface area contributed by atoms with Crippen LogP contribution < -0.4 is 0 Å². The van der Waals surface area contributed by atoms with Crippen molar-refractivity contribution in [3.8, 4) is 11.1 Å². The minimum atomic E-state index is -0.271. The van der Waals surface area contributed by atoms with Gasteiger partial charge in [-0.05, 0) is 63.8 Å². The van der Waals surface area contributed by atoms with Crippen molar-refractivity contribution in [2.24, 2.45) is 0 Å². The van der Waals surface area contributed by atoms with Gasteiger partial charge in [0, 0.05) is 13.7 Å². The molecule has 0 amide bonds. The Bertz CT molecular complexity index is 686. The maximum atomic E-state index is 11.9. The zero-order valence-electron chi connectivity index (χ0n) is 19.7. The van der Waals surface area contributed by atoms with Gasteiger partial charge in [-0.25, -0.2) is 4.79 Å². The summed E-state index contributed by atoms with van der Waals surface area (Å²) in [6.07, 6.45) is 9.72. The van der Waals surface area contributed by atoms with Gasteiger partial charge in [-0.1, -0.05) is 66.8 Å². The minimum Gasteiger partial charge on any atom is -0.462 e. The summed E-state index contributed by atoms with van der Waals surface area (Å²) in [6.45, 7) is 11.1. The predicted molar refractivity (Wildman–Crippen MR) is 131 cm³/mol. The zero-order valence-corrected chi connectivity index (χ0v) is 19.7. The number of hydrogen-bond acceptors (Lipinski definition) is 4. The molecule has 0 radical (unpaired) electrons. The molecule has 0 unspecified atom stereocenters. The normalized spacial score (nSPS) is 9.58. The van der Waals surface area contributed by atoms with E-state index in [-0.39, 0.29) is 5.97 Å².